The van der Waals surface area contributed by atoms with Crippen molar-refractivity contribution in [1.82, 2.24) is 10.2 Å². The Labute approximate surface area is 176 Å². The number of ether oxygens (including phenoxy) is 2. The highest BCUT2D eigenvalue weighted by molar-refractivity contribution is 9.10. The second-order valence-electron chi connectivity index (χ2n) is 6.19. The van der Waals surface area contributed by atoms with E-state index in [0.29, 0.717) is 40.3 Å². The van der Waals surface area contributed by atoms with Crippen LogP contribution in [-0.2, 0) is 11.3 Å². The van der Waals surface area contributed by atoms with Crippen LogP contribution in [0, 0.1) is 5.82 Å². The number of urea groups is 1. The summed E-state index contributed by atoms with van der Waals surface area (Å²) in [6, 6.07) is 8.63. The fourth-order valence-corrected chi connectivity index (χ4v) is 3.28. The first-order valence-electron chi connectivity index (χ1n) is 9.11. The minimum absolute atomic E-state index is 0.0525. The van der Waals surface area contributed by atoms with Crippen LogP contribution in [0.25, 0.3) is 6.08 Å². The smallest absolute Gasteiger partial charge is 0.329 e. The van der Waals surface area contributed by atoms with Gasteiger partial charge in [-0.25, -0.2) is 9.18 Å². The van der Waals surface area contributed by atoms with Gasteiger partial charge in [0.15, 0.2) is 11.5 Å². The van der Waals surface area contributed by atoms with Gasteiger partial charge >= 0.3 is 6.03 Å². The first-order chi connectivity index (χ1) is 13.9. The standard InChI is InChI=1S/C21H20BrFN2O4/c1-3-28-18-10-14(16(22)11-19(18)29-4-2)9-17-20(26)25(21(27)24-17)12-13-5-7-15(23)8-6-13/h5-11H,3-4,12H2,1-2H3,(H,24,27)/b17-9-. The molecule has 1 aliphatic heterocycles. The van der Waals surface area contributed by atoms with Crippen LogP contribution in [0.15, 0.2) is 46.6 Å². The Morgan fingerprint density at radius 3 is 2.31 bits per heavy atom. The van der Waals surface area contributed by atoms with Gasteiger partial charge in [0.2, 0.25) is 0 Å². The molecule has 2 aromatic carbocycles. The van der Waals surface area contributed by atoms with E-state index in [1.54, 1.807) is 18.2 Å². The predicted octanol–water partition coefficient (Wildman–Crippen LogP) is 4.48. The third kappa shape index (κ3) is 4.76. The van der Waals surface area contributed by atoms with Gasteiger partial charge in [-0.05, 0) is 55.3 Å². The molecule has 29 heavy (non-hydrogen) atoms. The van der Waals surface area contributed by atoms with Crippen molar-refractivity contribution in [2.24, 2.45) is 0 Å². The quantitative estimate of drug-likeness (QED) is 0.486. The fourth-order valence-electron chi connectivity index (χ4n) is 2.84. The molecular formula is C21H20BrFN2O4. The van der Waals surface area contributed by atoms with Gasteiger partial charge in [0.05, 0.1) is 19.8 Å². The molecule has 0 saturated carbocycles. The molecule has 1 heterocycles. The van der Waals surface area contributed by atoms with Gasteiger partial charge in [0.25, 0.3) is 5.91 Å². The maximum atomic E-state index is 13.1. The van der Waals surface area contributed by atoms with E-state index in [0.717, 1.165) is 4.90 Å². The topological polar surface area (TPSA) is 67.9 Å². The van der Waals surface area contributed by atoms with Crippen molar-refractivity contribution in [1.29, 1.82) is 0 Å². The molecule has 6 nitrogen and oxygen atoms in total. The molecule has 1 N–H and O–H groups in total. The van der Waals surface area contributed by atoms with Gasteiger partial charge < -0.3 is 14.8 Å². The molecule has 3 amide bonds. The van der Waals surface area contributed by atoms with Crippen LogP contribution in [0.4, 0.5) is 9.18 Å². The minimum atomic E-state index is -0.530. The Balaban J connectivity index is 1.86. The zero-order valence-corrected chi connectivity index (χ0v) is 17.6. The zero-order chi connectivity index (χ0) is 21.0. The van der Waals surface area contributed by atoms with Crippen molar-refractivity contribution in [3.63, 3.8) is 0 Å². The minimum Gasteiger partial charge on any atom is -0.490 e. The lowest BCUT2D eigenvalue weighted by molar-refractivity contribution is -0.123. The Bertz CT molecular complexity index is 960. The third-order valence-corrected chi connectivity index (χ3v) is 4.87. The fraction of sp³-hybridized carbons (Fsp3) is 0.238. The van der Waals surface area contributed by atoms with Gasteiger partial charge in [-0.1, -0.05) is 28.1 Å². The number of benzene rings is 2. The predicted molar refractivity (Wildman–Crippen MR) is 110 cm³/mol. The van der Waals surface area contributed by atoms with E-state index >= 15 is 0 Å². The number of amides is 3. The van der Waals surface area contributed by atoms with Crippen LogP contribution in [0.2, 0.25) is 0 Å². The number of hydrogen-bond donors (Lipinski definition) is 1. The molecule has 0 atom stereocenters. The van der Waals surface area contributed by atoms with Gasteiger partial charge in [0, 0.05) is 4.47 Å². The number of nitrogens with one attached hydrogen (secondary N) is 1. The molecule has 1 saturated heterocycles. The lowest BCUT2D eigenvalue weighted by Crippen LogP contribution is -2.30. The molecule has 0 aromatic heterocycles. The lowest BCUT2D eigenvalue weighted by Gasteiger charge is -2.13. The van der Waals surface area contributed by atoms with Crippen LogP contribution in [-0.4, -0.2) is 30.1 Å². The zero-order valence-electron chi connectivity index (χ0n) is 16.0. The number of hydrogen-bond acceptors (Lipinski definition) is 4. The van der Waals surface area contributed by atoms with E-state index in [4.69, 9.17) is 9.47 Å². The second kappa shape index (κ2) is 9.09. The molecule has 0 spiro atoms. The molecular weight excluding hydrogens is 443 g/mol. The van der Waals surface area contributed by atoms with Crippen molar-refractivity contribution in [2.75, 3.05) is 13.2 Å². The van der Waals surface area contributed by atoms with Crippen LogP contribution in [0.1, 0.15) is 25.0 Å². The largest absolute Gasteiger partial charge is 0.490 e. The van der Waals surface area contributed by atoms with E-state index in [2.05, 4.69) is 21.2 Å². The first kappa shape index (κ1) is 20.9. The molecule has 2 aromatic rings. The van der Waals surface area contributed by atoms with Crippen LogP contribution >= 0.6 is 15.9 Å². The number of halogens is 2. The second-order valence-corrected chi connectivity index (χ2v) is 7.05. The molecule has 0 unspecified atom stereocenters. The highest BCUT2D eigenvalue weighted by Gasteiger charge is 2.33. The number of rotatable bonds is 7. The monoisotopic (exact) mass is 462 g/mol. The average Bonchev–Trinajstić information content (AvgIpc) is 2.95. The summed E-state index contributed by atoms with van der Waals surface area (Å²) in [6.07, 6.45) is 1.58. The Morgan fingerprint density at radius 2 is 1.69 bits per heavy atom. The maximum absolute atomic E-state index is 13.1. The van der Waals surface area contributed by atoms with Crippen molar-refractivity contribution < 1.29 is 23.5 Å². The molecule has 0 bridgehead atoms. The number of imide groups is 1. The molecule has 152 valence electrons. The van der Waals surface area contributed by atoms with Crippen LogP contribution < -0.4 is 14.8 Å². The Morgan fingerprint density at radius 1 is 1.07 bits per heavy atom. The third-order valence-electron chi connectivity index (χ3n) is 4.18. The van der Waals surface area contributed by atoms with E-state index in [9.17, 15) is 14.0 Å². The van der Waals surface area contributed by atoms with Crippen molar-refractivity contribution in [2.45, 2.75) is 20.4 Å². The summed E-state index contributed by atoms with van der Waals surface area (Å²) in [4.78, 5) is 26.1. The highest BCUT2D eigenvalue weighted by atomic mass is 79.9. The number of carbonyl (C=O) groups is 2. The molecule has 0 radical (unpaired) electrons. The Hall–Kier alpha value is -2.87. The summed E-state index contributed by atoms with van der Waals surface area (Å²) >= 11 is 3.47. The van der Waals surface area contributed by atoms with Crippen molar-refractivity contribution >= 4 is 33.9 Å². The summed E-state index contributed by atoms with van der Waals surface area (Å²) in [5.74, 6) is 0.294. The Kier molecular flexibility index (Phi) is 6.53. The first-order valence-corrected chi connectivity index (χ1v) is 9.90. The number of carbonyl (C=O) groups excluding carboxylic acids is 2. The maximum Gasteiger partial charge on any atom is 0.329 e. The van der Waals surface area contributed by atoms with Gasteiger partial charge in [0.1, 0.15) is 11.5 Å². The van der Waals surface area contributed by atoms with E-state index < -0.39 is 11.9 Å². The summed E-state index contributed by atoms with van der Waals surface area (Å²) in [7, 11) is 0. The summed E-state index contributed by atoms with van der Waals surface area (Å²) in [5.41, 5.74) is 1.45. The average molecular weight is 463 g/mol. The summed E-state index contributed by atoms with van der Waals surface area (Å²) in [6.45, 7) is 4.74. The highest BCUT2D eigenvalue weighted by Crippen LogP contribution is 2.35. The molecule has 0 aliphatic carbocycles. The van der Waals surface area contributed by atoms with Gasteiger partial charge in [-0.15, -0.1) is 0 Å². The lowest BCUT2D eigenvalue weighted by atomic mass is 10.1. The molecule has 1 aliphatic rings. The van der Waals surface area contributed by atoms with Crippen molar-refractivity contribution in [3.05, 3.63) is 63.5 Å². The summed E-state index contributed by atoms with van der Waals surface area (Å²) < 4.78 is 25.0. The summed E-state index contributed by atoms with van der Waals surface area (Å²) in [5, 5.41) is 2.58. The van der Waals surface area contributed by atoms with Crippen LogP contribution in [0.3, 0.4) is 0 Å². The van der Waals surface area contributed by atoms with E-state index in [1.165, 1.54) is 24.3 Å². The normalized spacial score (nSPS) is 15.0. The molecule has 1 fully saturated rings. The van der Waals surface area contributed by atoms with Crippen molar-refractivity contribution in [3.8, 4) is 11.5 Å². The SMILES string of the molecule is CCOc1cc(Br)c(/C=C2\NC(=O)N(Cc3ccc(F)cc3)C2=O)cc1OCC. The molecule has 3 rings (SSSR count). The van der Waals surface area contributed by atoms with E-state index in [-0.39, 0.29) is 18.1 Å². The molecule has 8 heteroatoms. The van der Waals surface area contributed by atoms with Gasteiger partial charge in [-0.3, -0.25) is 9.69 Å². The van der Waals surface area contributed by atoms with Crippen LogP contribution in [0.5, 0.6) is 11.5 Å². The van der Waals surface area contributed by atoms with E-state index in [1.807, 2.05) is 13.8 Å². The number of nitrogens with zero attached hydrogens (tertiary/aromatic N) is 1. The van der Waals surface area contributed by atoms with Gasteiger partial charge in [-0.2, -0.15) is 0 Å².